The number of amides is 1. The molecule has 0 unspecified atom stereocenters. The summed E-state index contributed by atoms with van der Waals surface area (Å²) in [5.74, 6) is -1.06. The number of nitrogens with one attached hydrogen (secondary N) is 1. The molecule has 32 heavy (non-hydrogen) atoms. The van der Waals surface area contributed by atoms with E-state index < -0.39 is 11.8 Å². The Labute approximate surface area is 184 Å². The maximum absolute atomic E-state index is 13.2. The van der Waals surface area contributed by atoms with E-state index in [1.165, 1.54) is 24.4 Å². The van der Waals surface area contributed by atoms with Crippen molar-refractivity contribution in [3.05, 3.63) is 114 Å². The number of benzene rings is 4. The van der Waals surface area contributed by atoms with Gasteiger partial charge >= 0.3 is 5.97 Å². The smallest absolute Gasteiger partial charge is 0.343 e. The zero-order valence-corrected chi connectivity index (χ0v) is 17.0. The van der Waals surface area contributed by atoms with Gasteiger partial charge in [0.1, 0.15) is 11.6 Å². The van der Waals surface area contributed by atoms with Crippen LogP contribution in [0.5, 0.6) is 5.75 Å². The van der Waals surface area contributed by atoms with Crippen molar-refractivity contribution in [2.24, 2.45) is 5.10 Å². The number of hydrazone groups is 1. The second-order valence-electron chi connectivity index (χ2n) is 7.08. The quantitative estimate of drug-likeness (QED) is 0.207. The Bertz CT molecular complexity index is 1290. The number of halogens is 1. The van der Waals surface area contributed by atoms with E-state index in [9.17, 15) is 14.0 Å². The Balaban J connectivity index is 1.32. The lowest BCUT2D eigenvalue weighted by Crippen LogP contribution is -2.19. The number of rotatable bonds is 6. The molecule has 0 atom stereocenters. The Morgan fingerprint density at radius 2 is 1.66 bits per heavy atom. The van der Waals surface area contributed by atoms with Gasteiger partial charge in [-0.2, -0.15) is 5.10 Å². The van der Waals surface area contributed by atoms with Gasteiger partial charge in [0.15, 0.2) is 0 Å². The van der Waals surface area contributed by atoms with Crippen molar-refractivity contribution in [1.29, 1.82) is 0 Å². The van der Waals surface area contributed by atoms with Gasteiger partial charge in [0, 0.05) is 0 Å². The highest BCUT2D eigenvalue weighted by Crippen LogP contribution is 2.19. The van der Waals surface area contributed by atoms with E-state index in [4.69, 9.17) is 4.74 Å². The summed E-state index contributed by atoms with van der Waals surface area (Å²) < 4.78 is 18.5. The largest absolute Gasteiger partial charge is 0.423 e. The van der Waals surface area contributed by atoms with E-state index in [0.29, 0.717) is 11.3 Å². The van der Waals surface area contributed by atoms with Crippen LogP contribution in [0.15, 0.2) is 96.1 Å². The van der Waals surface area contributed by atoms with Crippen LogP contribution >= 0.6 is 0 Å². The summed E-state index contributed by atoms with van der Waals surface area (Å²) in [6, 6.07) is 25.6. The molecule has 0 heterocycles. The summed E-state index contributed by atoms with van der Waals surface area (Å²) in [5, 5.41) is 6.11. The average Bonchev–Trinajstić information content (AvgIpc) is 2.80. The maximum Gasteiger partial charge on any atom is 0.343 e. The van der Waals surface area contributed by atoms with Gasteiger partial charge in [0.05, 0.1) is 18.2 Å². The van der Waals surface area contributed by atoms with Gasteiger partial charge in [-0.15, -0.1) is 0 Å². The van der Waals surface area contributed by atoms with Crippen LogP contribution in [0.2, 0.25) is 0 Å². The number of ether oxygens (including phenoxy) is 1. The van der Waals surface area contributed by atoms with Gasteiger partial charge in [0.25, 0.3) is 0 Å². The number of fused-ring (bicyclic) bond motifs is 1. The standard InChI is InChI=1S/C26H19FN2O3/c27-22-9-4-8-21(15-22)26(31)32-23-13-11-18(12-14-23)17-28-29-25(30)16-20-7-3-6-19-5-1-2-10-24(19)20/h1-15,17H,16H2,(H,29,30). The van der Waals surface area contributed by atoms with E-state index in [1.807, 2.05) is 42.5 Å². The van der Waals surface area contributed by atoms with Crippen LogP contribution in [0.4, 0.5) is 4.39 Å². The minimum absolute atomic E-state index is 0.129. The van der Waals surface area contributed by atoms with Crippen LogP contribution in [0.1, 0.15) is 21.5 Å². The van der Waals surface area contributed by atoms with Crippen molar-refractivity contribution in [3.8, 4) is 5.75 Å². The molecule has 158 valence electrons. The van der Waals surface area contributed by atoms with Gasteiger partial charge in [0.2, 0.25) is 5.91 Å². The minimum Gasteiger partial charge on any atom is -0.423 e. The molecule has 0 fully saturated rings. The summed E-state index contributed by atoms with van der Waals surface area (Å²) in [6.45, 7) is 0. The lowest BCUT2D eigenvalue weighted by Gasteiger charge is -2.06. The fourth-order valence-corrected chi connectivity index (χ4v) is 3.24. The lowest BCUT2D eigenvalue weighted by molar-refractivity contribution is -0.120. The number of hydrogen-bond donors (Lipinski definition) is 1. The molecule has 0 aliphatic carbocycles. The van der Waals surface area contributed by atoms with Gasteiger partial charge in [-0.05, 0) is 64.4 Å². The SMILES string of the molecule is O=C(Cc1cccc2ccccc12)NN=Cc1ccc(OC(=O)c2cccc(F)c2)cc1. The molecular weight excluding hydrogens is 407 g/mol. The molecular formula is C26H19FN2O3. The summed E-state index contributed by atoms with van der Waals surface area (Å²) >= 11 is 0. The molecule has 0 aromatic heterocycles. The Kier molecular flexibility index (Phi) is 6.32. The molecule has 4 rings (SSSR count). The van der Waals surface area contributed by atoms with Crippen molar-refractivity contribution in [2.75, 3.05) is 0 Å². The molecule has 0 aliphatic heterocycles. The third kappa shape index (κ3) is 5.23. The normalized spacial score (nSPS) is 10.9. The van der Waals surface area contributed by atoms with E-state index >= 15 is 0 Å². The molecule has 0 bridgehead atoms. The lowest BCUT2D eigenvalue weighted by atomic mass is 10.0. The summed E-state index contributed by atoms with van der Waals surface area (Å²) in [6.07, 6.45) is 1.72. The van der Waals surface area contributed by atoms with Crippen molar-refractivity contribution in [2.45, 2.75) is 6.42 Å². The van der Waals surface area contributed by atoms with Crippen LogP contribution in [0.3, 0.4) is 0 Å². The van der Waals surface area contributed by atoms with Crippen LogP contribution in [-0.2, 0) is 11.2 Å². The molecule has 0 saturated heterocycles. The van der Waals surface area contributed by atoms with Gasteiger partial charge in [-0.1, -0.05) is 48.5 Å². The molecule has 1 amide bonds. The number of carbonyl (C=O) groups excluding carboxylic acids is 2. The molecule has 0 aliphatic rings. The zero-order chi connectivity index (χ0) is 22.3. The summed E-state index contributed by atoms with van der Waals surface area (Å²) in [5.41, 5.74) is 4.30. The zero-order valence-electron chi connectivity index (χ0n) is 17.0. The molecule has 4 aromatic carbocycles. The highest BCUT2D eigenvalue weighted by molar-refractivity contribution is 5.92. The number of hydrogen-bond acceptors (Lipinski definition) is 4. The third-order valence-corrected chi connectivity index (χ3v) is 4.78. The first-order valence-electron chi connectivity index (χ1n) is 9.95. The van der Waals surface area contributed by atoms with E-state index in [0.717, 1.165) is 22.4 Å². The summed E-state index contributed by atoms with van der Waals surface area (Å²) in [7, 11) is 0. The Morgan fingerprint density at radius 3 is 2.47 bits per heavy atom. The monoisotopic (exact) mass is 426 g/mol. The van der Waals surface area contributed by atoms with Crippen LogP contribution < -0.4 is 10.2 Å². The average molecular weight is 426 g/mol. The first-order valence-corrected chi connectivity index (χ1v) is 9.95. The highest BCUT2D eigenvalue weighted by atomic mass is 19.1. The molecule has 1 N–H and O–H groups in total. The molecule has 6 heteroatoms. The van der Waals surface area contributed by atoms with Gasteiger partial charge < -0.3 is 4.74 Å². The number of nitrogens with zero attached hydrogens (tertiary/aromatic N) is 1. The highest BCUT2D eigenvalue weighted by Gasteiger charge is 2.09. The Hall–Kier alpha value is -4.32. The van der Waals surface area contributed by atoms with E-state index in [-0.39, 0.29) is 17.9 Å². The second kappa shape index (κ2) is 9.66. The fraction of sp³-hybridized carbons (Fsp3) is 0.0385. The topological polar surface area (TPSA) is 67.8 Å². The van der Waals surface area contributed by atoms with Crippen molar-refractivity contribution in [3.63, 3.8) is 0 Å². The van der Waals surface area contributed by atoms with E-state index in [2.05, 4.69) is 10.5 Å². The molecule has 0 spiro atoms. The first kappa shape index (κ1) is 20.9. The van der Waals surface area contributed by atoms with E-state index in [1.54, 1.807) is 24.3 Å². The van der Waals surface area contributed by atoms with Gasteiger partial charge in [-0.3, -0.25) is 4.79 Å². The fourth-order valence-electron chi connectivity index (χ4n) is 3.24. The van der Waals surface area contributed by atoms with Gasteiger partial charge in [-0.25, -0.2) is 14.6 Å². The second-order valence-corrected chi connectivity index (χ2v) is 7.08. The molecule has 4 aromatic rings. The number of esters is 1. The maximum atomic E-state index is 13.2. The number of carbonyl (C=O) groups is 2. The predicted molar refractivity (Wildman–Crippen MR) is 121 cm³/mol. The predicted octanol–water partition coefficient (Wildman–Crippen LogP) is 4.89. The van der Waals surface area contributed by atoms with Crippen LogP contribution in [-0.4, -0.2) is 18.1 Å². The summed E-state index contributed by atoms with van der Waals surface area (Å²) in [4.78, 5) is 24.3. The molecule has 0 saturated carbocycles. The third-order valence-electron chi connectivity index (χ3n) is 4.78. The van der Waals surface area contributed by atoms with Crippen LogP contribution in [0.25, 0.3) is 10.8 Å². The Morgan fingerprint density at radius 1 is 0.906 bits per heavy atom. The van der Waals surface area contributed by atoms with Crippen molar-refractivity contribution >= 4 is 28.9 Å². The molecule has 0 radical (unpaired) electrons. The van der Waals surface area contributed by atoms with Crippen LogP contribution in [0, 0.1) is 5.82 Å². The minimum atomic E-state index is -0.647. The van der Waals surface area contributed by atoms with Crippen molar-refractivity contribution in [1.82, 2.24) is 5.43 Å². The first-order chi connectivity index (χ1) is 15.6. The molecule has 5 nitrogen and oxygen atoms in total. The van der Waals surface area contributed by atoms with Crippen molar-refractivity contribution < 1.29 is 18.7 Å².